The SMILES string of the molecule is N#C/C(=C/c1ccc(OCc2cccc([N+](=O)[O-])c2)c(I)c1)c1ccc2ccccc2c1. The number of hydrogen-bond donors (Lipinski definition) is 0. The molecular weight excluding hydrogens is 515 g/mol. The molecule has 0 aliphatic rings. The Hall–Kier alpha value is -3.70. The van der Waals surface area contributed by atoms with Crippen molar-refractivity contribution < 1.29 is 9.66 Å². The number of halogens is 1. The highest BCUT2D eigenvalue weighted by Crippen LogP contribution is 2.27. The van der Waals surface area contributed by atoms with Crippen molar-refractivity contribution in [3.05, 3.63) is 115 Å². The van der Waals surface area contributed by atoms with Crippen LogP contribution in [0.3, 0.4) is 0 Å². The monoisotopic (exact) mass is 532 g/mol. The van der Waals surface area contributed by atoms with Crippen molar-refractivity contribution in [3.8, 4) is 11.8 Å². The van der Waals surface area contributed by atoms with Crippen LogP contribution in [0.1, 0.15) is 16.7 Å². The molecule has 0 saturated heterocycles. The highest BCUT2D eigenvalue weighted by Gasteiger charge is 2.08. The van der Waals surface area contributed by atoms with Crippen LogP contribution in [-0.4, -0.2) is 4.92 Å². The first-order valence-corrected chi connectivity index (χ1v) is 10.9. The van der Waals surface area contributed by atoms with Gasteiger partial charge in [0, 0.05) is 12.1 Å². The summed E-state index contributed by atoms with van der Waals surface area (Å²) in [6, 6.07) is 28.4. The Morgan fingerprint density at radius 3 is 2.56 bits per heavy atom. The standard InChI is InChI=1S/C26H17IN2O3/c27-25-14-18(8-11-26(25)32-17-19-4-3-7-24(13-19)29(30)31)12-23(16-28)22-10-9-20-5-1-2-6-21(20)15-22/h1-15H,17H2/b23-12-. The van der Waals surface area contributed by atoms with E-state index in [1.165, 1.54) is 12.1 Å². The summed E-state index contributed by atoms with van der Waals surface area (Å²) in [5, 5.41) is 22.9. The summed E-state index contributed by atoms with van der Waals surface area (Å²) < 4.78 is 6.75. The maximum absolute atomic E-state index is 10.9. The molecule has 0 aromatic heterocycles. The van der Waals surface area contributed by atoms with E-state index in [1.807, 2.05) is 66.7 Å². The van der Waals surface area contributed by atoms with Gasteiger partial charge in [0.2, 0.25) is 0 Å². The van der Waals surface area contributed by atoms with Crippen molar-refractivity contribution in [1.82, 2.24) is 0 Å². The third-order valence-electron chi connectivity index (χ3n) is 4.96. The molecule has 0 bridgehead atoms. The average molecular weight is 532 g/mol. The van der Waals surface area contributed by atoms with Gasteiger partial charge < -0.3 is 4.74 Å². The summed E-state index contributed by atoms with van der Waals surface area (Å²) >= 11 is 2.19. The van der Waals surface area contributed by atoms with E-state index in [1.54, 1.807) is 12.1 Å². The van der Waals surface area contributed by atoms with E-state index < -0.39 is 4.92 Å². The summed E-state index contributed by atoms with van der Waals surface area (Å²) in [7, 11) is 0. The van der Waals surface area contributed by atoms with Crippen molar-refractivity contribution in [2.45, 2.75) is 6.61 Å². The summed E-state index contributed by atoms with van der Waals surface area (Å²) in [6.07, 6.45) is 1.86. The molecule has 0 aliphatic heterocycles. The maximum Gasteiger partial charge on any atom is 0.269 e. The lowest BCUT2D eigenvalue weighted by atomic mass is 10.0. The van der Waals surface area contributed by atoms with Gasteiger partial charge >= 0.3 is 0 Å². The van der Waals surface area contributed by atoms with Crippen LogP contribution in [0, 0.1) is 25.0 Å². The van der Waals surface area contributed by atoms with Gasteiger partial charge in [0.25, 0.3) is 5.69 Å². The zero-order valence-corrected chi connectivity index (χ0v) is 19.0. The lowest BCUT2D eigenvalue weighted by Crippen LogP contribution is -1.98. The van der Waals surface area contributed by atoms with Crippen LogP contribution in [0.25, 0.3) is 22.4 Å². The van der Waals surface area contributed by atoms with E-state index >= 15 is 0 Å². The van der Waals surface area contributed by atoms with E-state index in [4.69, 9.17) is 4.74 Å². The molecule has 0 fully saturated rings. The van der Waals surface area contributed by atoms with Gasteiger partial charge in [0.15, 0.2) is 0 Å². The van der Waals surface area contributed by atoms with Crippen LogP contribution in [0.5, 0.6) is 5.75 Å². The number of hydrogen-bond acceptors (Lipinski definition) is 4. The van der Waals surface area contributed by atoms with E-state index in [-0.39, 0.29) is 12.3 Å². The molecule has 156 valence electrons. The minimum absolute atomic E-state index is 0.0407. The number of nitriles is 1. The number of nitrogens with zero attached hydrogens (tertiary/aromatic N) is 2. The van der Waals surface area contributed by atoms with Crippen molar-refractivity contribution in [3.63, 3.8) is 0 Å². The Morgan fingerprint density at radius 1 is 1.00 bits per heavy atom. The smallest absolute Gasteiger partial charge is 0.269 e. The second-order valence-electron chi connectivity index (χ2n) is 7.14. The Labute approximate surface area is 198 Å². The highest BCUT2D eigenvalue weighted by molar-refractivity contribution is 14.1. The molecule has 4 rings (SSSR count). The Kier molecular flexibility index (Phi) is 6.47. The van der Waals surface area contributed by atoms with Gasteiger partial charge in [-0.3, -0.25) is 10.1 Å². The van der Waals surface area contributed by atoms with Crippen molar-refractivity contribution >= 4 is 50.7 Å². The maximum atomic E-state index is 10.9. The molecule has 0 spiro atoms. The molecule has 0 heterocycles. The van der Waals surface area contributed by atoms with Gasteiger partial charge in [-0.25, -0.2) is 0 Å². The molecule has 0 saturated carbocycles. The number of fused-ring (bicyclic) bond motifs is 1. The van der Waals surface area contributed by atoms with Crippen molar-refractivity contribution in [2.24, 2.45) is 0 Å². The second kappa shape index (κ2) is 9.62. The number of rotatable bonds is 6. The van der Waals surface area contributed by atoms with Gasteiger partial charge in [-0.2, -0.15) is 5.26 Å². The van der Waals surface area contributed by atoms with Gasteiger partial charge in [-0.05, 0) is 74.3 Å². The molecule has 5 nitrogen and oxygen atoms in total. The van der Waals surface area contributed by atoms with Crippen LogP contribution in [0.15, 0.2) is 84.9 Å². The lowest BCUT2D eigenvalue weighted by Gasteiger charge is -2.09. The van der Waals surface area contributed by atoms with Crippen LogP contribution in [0.2, 0.25) is 0 Å². The van der Waals surface area contributed by atoms with E-state index in [2.05, 4.69) is 28.7 Å². The Morgan fingerprint density at radius 2 is 1.81 bits per heavy atom. The molecule has 0 N–H and O–H groups in total. The zero-order chi connectivity index (χ0) is 22.5. The van der Waals surface area contributed by atoms with Crippen LogP contribution in [-0.2, 0) is 6.61 Å². The number of ether oxygens (including phenoxy) is 1. The van der Waals surface area contributed by atoms with Crippen LogP contribution < -0.4 is 4.74 Å². The van der Waals surface area contributed by atoms with E-state index in [0.717, 1.165) is 31.0 Å². The fourth-order valence-electron chi connectivity index (χ4n) is 3.35. The number of nitro groups is 1. The minimum atomic E-state index is -0.420. The summed E-state index contributed by atoms with van der Waals surface area (Å²) in [5.74, 6) is 0.679. The zero-order valence-electron chi connectivity index (χ0n) is 16.9. The molecule has 0 atom stereocenters. The highest BCUT2D eigenvalue weighted by atomic mass is 127. The fraction of sp³-hybridized carbons (Fsp3) is 0.0385. The molecule has 0 aliphatic carbocycles. The van der Waals surface area contributed by atoms with Crippen molar-refractivity contribution in [2.75, 3.05) is 0 Å². The number of nitro benzene ring substituents is 1. The van der Waals surface area contributed by atoms with E-state index in [9.17, 15) is 15.4 Å². The molecular formula is C26H17IN2O3. The molecule has 0 radical (unpaired) electrons. The predicted octanol–water partition coefficient (Wildman–Crippen LogP) is 7.00. The largest absolute Gasteiger partial charge is 0.488 e. The lowest BCUT2D eigenvalue weighted by molar-refractivity contribution is -0.384. The summed E-state index contributed by atoms with van der Waals surface area (Å²) in [4.78, 5) is 10.5. The Bertz CT molecular complexity index is 1390. The minimum Gasteiger partial charge on any atom is -0.488 e. The first kappa shape index (κ1) is 21.5. The predicted molar refractivity (Wildman–Crippen MR) is 134 cm³/mol. The first-order chi connectivity index (χ1) is 15.5. The summed E-state index contributed by atoms with van der Waals surface area (Å²) in [6.45, 7) is 0.230. The van der Waals surface area contributed by atoms with E-state index in [0.29, 0.717) is 11.3 Å². The quantitative estimate of drug-likeness (QED) is 0.0882. The molecule has 0 amide bonds. The average Bonchev–Trinajstić information content (AvgIpc) is 2.82. The number of allylic oxidation sites excluding steroid dienone is 1. The number of non-ortho nitro benzene ring substituents is 1. The molecule has 6 heteroatoms. The third-order valence-corrected chi connectivity index (χ3v) is 5.81. The fourth-order valence-corrected chi connectivity index (χ4v) is 4.04. The molecule has 4 aromatic rings. The Balaban J connectivity index is 1.54. The van der Waals surface area contributed by atoms with Gasteiger partial charge in [0.1, 0.15) is 12.4 Å². The topological polar surface area (TPSA) is 76.2 Å². The van der Waals surface area contributed by atoms with Gasteiger partial charge in [-0.15, -0.1) is 0 Å². The molecule has 0 unspecified atom stereocenters. The van der Waals surface area contributed by atoms with Gasteiger partial charge in [-0.1, -0.05) is 54.6 Å². The van der Waals surface area contributed by atoms with Crippen LogP contribution in [0.4, 0.5) is 5.69 Å². The summed E-state index contributed by atoms with van der Waals surface area (Å²) in [5.41, 5.74) is 3.10. The number of benzene rings is 4. The third kappa shape index (κ3) is 4.95. The van der Waals surface area contributed by atoms with Crippen LogP contribution >= 0.6 is 22.6 Å². The molecule has 4 aromatic carbocycles. The van der Waals surface area contributed by atoms with Gasteiger partial charge in [0.05, 0.1) is 20.1 Å². The second-order valence-corrected chi connectivity index (χ2v) is 8.30. The normalized spacial score (nSPS) is 11.2. The molecule has 32 heavy (non-hydrogen) atoms. The van der Waals surface area contributed by atoms with Crippen molar-refractivity contribution in [1.29, 1.82) is 5.26 Å². The first-order valence-electron chi connectivity index (χ1n) is 9.80.